The van der Waals surface area contributed by atoms with E-state index >= 15 is 0 Å². The fraction of sp³-hybridized carbons (Fsp3) is 0.190. The van der Waals surface area contributed by atoms with E-state index in [0.717, 1.165) is 24.0 Å². The van der Waals surface area contributed by atoms with Crippen molar-refractivity contribution in [1.29, 1.82) is 0 Å². The maximum absolute atomic E-state index is 13.3. The zero-order chi connectivity index (χ0) is 19.7. The lowest BCUT2D eigenvalue weighted by Crippen LogP contribution is -2.11. The van der Waals surface area contributed by atoms with Gasteiger partial charge in [-0.05, 0) is 48.2 Å². The minimum Gasteiger partial charge on any atom is -0.355 e. The molecule has 0 radical (unpaired) electrons. The van der Waals surface area contributed by atoms with Crippen LogP contribution in [0.15, 0.2) is 47.0 Å². The van der Waals surface area contributed by atoms with Crippen LogP contribution in [0.3, 0.4) is 0 Å². The lowest BCUT2D eigenvalue weighted by atomic mass is 9.99. The topological polar surface area (TPSA) is 68.0 Å². The molecule has 2 aromatic heterocycles. The predicted molar refractivity (Wildman–Crippen MR) is 108 cm³/mol. The number of benzene rings is 2. The molecule has 2 aromatic carbocycles. The van der Waals surface area contributed by atoms with Gasteiger partial charge in [0.25, 0.3) is 5.91 Å². The van der Waals surface area contributed by atoms with Crippen LogP contribution in [0.25, 0.3) is 21.5 Å². The van der Waals surface area contributed by atoms with Crippen molar-refractivity contribution < 1.29 is 13.7 Å². The van der Waals surface area contributed by atoms with Gasteiger partial charge >= 0.3 is 0 Å². The fourth-order valence-corrected chi connectivity index (χ4v) is 3.89. The van der Waals surface area contributed by atoms with Gasteiger partial charge in [0.15, 0.2) is 16.6 Å². The smallest absolute Gasteiger partial charge is 0.279 e. The number of carbonyl (C=O) groups is 1. The van der Waals surface area contributed by atoms with E-state index in [4.69, 9.17) is 4.52 Å². The van der Waals surface area contributed by atoms with Crippen molar-refractivity contribution in [2.75, 3.05) is 5.32 Å². The average Bonchev–Trinajstić information content (AvgIpc) is 3.33. The number of halogens is 1. The van der Waals surface area contributed by atoms with Crippen LogP contribution < -0.4 is 5.32 Å². The van der Waals surface area contributed by atoms with Crippen LogP contribution in [0, 0.1) is 5.82 Å². The summed E-state index contributed by atoms with van der Waals surface area (Å²) < 4.78 is 19.4. The summed E-state index contributed by atoms with van der Waals surface area (Å²) in [5.74, 6) is -0.195. The summed E-state index contributed by atoms with van der Waals surface area (Å²) in [6, 6.07) is 12.2. The predicted octanol–water partition coefficient (Wildman–Crippen LogP) is 5.47. The summed E-state index contributed by atoms with van der Waals surface area (Å²) in [5, 5.41) is 7.01. The molecule has 4 aromatic rings. The van der Waals surface area contributed by atoms with Crippen LogP contribution in [0.2, 0.25) is 0 Å². The number of aromatic nitrogens is 2. The second kappa shape index (κ2) is 7.52. The molecule has 0 unspecified atom stereocenters. The summed E-state index contributed by atoms with van der Waals surface area (Å²) in [5.41, 5.74) is 4.07. The molecule has 142 valence electrons. The van der Waals surface area contributed by atoms with Crippen molar-refractivity contribution in [1.82, 2.24) is 10.1 Å². The van der Waals surface area contributed by atoms with Gasteiger partial charge in [0.2, 0.25) is 0 Å². The maximum Gasteiger partial charge on any atom is 0.279 e. The SMILES string of the molecule is CCc1ccc(CC)c(-c2cc(C(=O)Nc3nc4ccc(F)cc4s3)no2)c1. The Morgan fingerprint density at radius 3 is 2.79 bits per heavy atom. The highest BCUT2D eigenvalue weighted by molar-refractivity contribution is 7.22. The zero-order valence-electron chi connectivity index (χ0n) is 15.5. The number of carbonyl (C=O) groups excluding carboxylic acids is 1. The first-order valence-corrected chi connectivity index (χ1v) is 9.85. The molecular formula is C21H18FN3O2S. The van der Waals surface area contributed by atoms with Crippen molar-refractivity contribution >= 4 is 32.6 Å². The second-order valence-corrected chi connectivity index (χ2v) is 7.39. The van der Waals surface area contributed by atoms with Crippen LogP contribution in [0.1, 0.15) is 35.5 Å². The summed E-state index contributed by atoms with van der Waals surface area (Å²) in [7, 11) is 0. The van der Waals surface area contributed by atoms with Crippen LogP contribution in [0.4, 0.5) is 9.52 Å². The van der Waals surface area contributed by atoms with Crippen LogP contribution in [-0.2, 0) is 12.8 Å². The standard InChI is InChI=1S/C21H18FN3O2S/c1-3-12-5-6-13(4-2)15(9-12)18-11-17(25-27-18)20(26)24-21-23-16-8-7-14(22)10-19(16)28-21/h5-11H,3-4H2,1-2H3,(H,23,24,26). The summed E-state index contributed by atoms with van der Waals surface area (Å²) >= 11 is 1.21. The van der Waals surface area contributed by atoms with Crippen molar-refractivity contribution in [3.8, 4) is 11.3 Å². The number of thiazole rings is 1. The minimum absolute atomic E-state index is 0.171. The van der Waals surface area contributed by atoms with E-state index in [-0.39, 0.29) is 11.5 Å². The third-order valence-corrected chi connectivity index (χ3v) is 5.48. The Labute approximate surface area is 165 Å². The molecule has 0 aliphatic heterocycles. The van der Waals surface area contributed by atoms with Gasteiger partial charge in [0, 0.05) is 11.6 Å². The molecule has 0 saturated heterocycles. The zero-order valence-corrected chi connectivity index (χ0v) is 16.3. The van der Waals surface area contributed by atoms with Gasteiger partial charge in [-0.15, -0.1) is 0 Å². The van der Waals surface area contributed by atoms with Gasteiger partial charge in [-0.1, -0.05) is 42.5 Å². The lowest BCUT2D eigenvalue weighted by Gasteiger charge is -2.06. The van der Waals surface area contributed by atoms with Gasteiger partial charge in [0.1, 0.15) is 5.82 Å². The van der Waals surface area contributed by atoms with Crippen molar-refractivity contribution in [2.45, 2.75) is 26.7 Å². The summed E-state index contributed by atoms with van der Waals surface area (Å²) in [4.78, 5) is 16.8. The average molecular weight is 395 g/mol. The van der Waals surface area contributed by atoms with Crippen molar-refractivity contribution in [3.05, 3.63) is 65.1 Å². The molecule has 5 nitrogen and oxygen atoms in total. The molecule has 7 heteroatoms. The molecule has 0 atom stereocenters. The maximum atomic E-state index is 13.3. The molecule has 0 bridgehead atoms. The first-order chi connectivity index (χ1) is 13.6. The van der Waals surface area contributed by atoms with Gasteiger partial charge < -0.3 is 4.52 Å². The number of hydrogen-bond donors (Lipinski definition) is 1. The van der Waals surface area contributed by atoms with Gasteiger partial charge in [-0.3, -0.25) is 10.1 Å². The molecule has 4 rings (SSSR count). The number of rotatable bonds is 5. The van der Waals surface area contributed by atoms with E-state index in [9.17, 15) is 9.18 Å². The first-order valence-electron chi connectivity index (χ1n) is 9.03. The number of amides is 1. The van der Waals surface area contributed by atoms with Crippen molar-refractivity contribution in [2.24, 2.45) is 0 Å². The molecule has 28 heavy (non-hydrogen) atoms. The largest absolute Gasteiger partial charge is 0.355 e. The van der Waals surface area contributed by atoms with E-state index in [1.807, 2.05) is 0 Å². The van der Waals surface area contributed by atoms with Crippen molar-refractivity contribution in [3.63, 3.8) is 0 Å². The minimum atomic E-state index is -0.417. The fourth-order valence-electron chi connectivity index (χ4n) is 3.00. The number of hydrogen-bond acceptors (Lipinski definition) is 5. The van der Waals surface area contributed by atoms with E-state index in [1.54, 1.807) is 12.1 Å². The van der Waals surface area contributed by atoms with E-state index < -0.39 is 5.91 Å². The van der Waals surface area contributed by atoms with E-state index in [2.05, 4.69) is 47.5 Å². The second-order valence-electron chi connectivity index (χ2n) is 6.36. The number of nitrogens with one attached hydrogen (secondary N) is 1. The third kappa shape index (κ3) is 3.53. The molecule has 0 fully saturated rings. The summed E-state index contributed by atoms with van der Waals surface area (Å²) in [6.45, 7) is 4.16. The van der Waals surface area contributed by atoms with Crippen LogP contribution in [-0.4, -0.2) is 16.0 Å². The molecular weight excluding hydrogens is 377 g/mol. The number of aryl methyl sites for hydroxylation is 2. The Kier molecular flexibility index (Phi) is 4.92. The van der Waals surface area contributed by atoms with Gasteiger partial charge in [-0.2, -0.15) is 0 Å². The Morgan fingerprint density at radius 2 is 2.00 bits per heavy atom. The van der Waals surface area contributed by atoms with Gasteiger partial charge in [-0.25, -0.2) is 9.37 Å². The molecule has 0 saturated carbocycles. The first kappa shape index (κ1) is 18.3. The van der Waals surface area contributed by atoms with E-state index in [0.29, 0.717) is 21.1 Å². The highest BCUT2D eigenvalue weighted by atomic mass is 32.1. The number of anilines is 1. The van der Waals surface area contributed by atoms with Crippen LogP contribution >= 0.6 is 11.3 Å². The normalized spacial score (nSPS) is 11.1. The Balaban J connectivity index is 1.59. The molecule has 0 aliphatic carbocycles. The van der Waals surface area contributed by atoms with Gasteiger partial charge in [0.05, 0.1) is 10.2 Å². The molecule has 1 amide bonds. The molecule has 0 spiro atoms. The van der Waals surface area contributed by atoms with E-state index in [1.165, 1.54) is 29.0 Å². The number of nitrogens with zero attached hydrogens (tertiary/aromatic N) is 2. The molecule has 2 heterocycles. The molecule has 1 N–H and O–H groups in total. The third-order valence-electron chi connectivity index (χ3n) is 4.54. The Bertz CT molecular complexity index is 1170. The quantitative estimate of drug-likeness (QED) is 0.487. The van der Waals surface area contributed by atoms with Crippen LogP contribution in [0.5, 0.6) is 0 Å². The number of fused-ring (bicyclic) bond motifs is 1. The molecule has 0 aliphatic rings. The summed E-state index contributed by atoms with van der Waals surface area (Å²) in [6.07, 6.45) is 1.76. The highest BCUT2D eigenvalue weighted by Crippen LogP contribution is 2.29. The Morgan fingerprint density at radius 1 is 1.14 bits per heavy atom. The highest BCUT2D eigenvalue weighted by Gasteiger charge is 2.17. The lowest BCUT2D eigenvalue weighted by molar-refractivity contribution is 0.101. The monoisotopic (exact) mass is 395 g/mol. The Hall–Kier alpha value is -3.06.